The Hall–Kier alpha value is -0.270. The molecule has 1 aromatic carbocycles. The van der Waals surface area contributed by atoms with E-state index in [1.165, 1.54) is 0 Å². The van der Waals surface area contributed by atoms with E-state index in [-0.39, 0.29) is 24.9 Å². The van der Waals surface area contributed by atoms with Crippen LogP contribution >= 0.6 is 69.6 Å². The van der Waals surface area contributed by atoms with Gasteiger partial charge in [0.05, 0.1) is 6.61 Å². The first-order chi connectivity index (χ1) is 12.1. The first kappa shape index (κ1) is 22.0. The average Bonchev–Trinajstić information content (AvgIpc) is 2.57. The zero-order chi connectivity index (χ0) is 19.4. The first-order valence-electron chi connectivity index (χ1n) is 7.31. The van der Waals surface area contributed by atoms with Crippen molar-refractivity contribution in [1.82, 2.24) is 15.0 Å². The fourth-order valence-electron chi connectivity index (χ4n) is 1.96. The van der Waals surface area contributed by atoms with Gasteiger partial charge in [-0.3, -0.25) is 0 Å². The van der Waals surface area contributed by atoms with Crippen LogP contribution in [0.25, 0.3) is 0 Å². The van der Waals surface area contributed by atoms with Crippen LogP contribution in [0, 0.1) is 0 Å². The highest BCUT2D eigenvalue weighted by atomic mass is 35.6. The molecule has 0 unspecified atom stereocenters. The molecule has 1 N–H and O–H groups in total. The van der Waals surface area contributed by atoms with Crippen molar-refractivity contribution < 1.29 is 9.84 Å². The number of ether oxygens (including phenoxy) is 1. The molecule has 0 bridgehead atoms. The van der Waals surface area contributed by atoms with Gasteiger partial charge in [-0.15, -0.1) is 0 Å². The van der Waals surface area contributed by atoms with Crippen molar-refractivity contribution in [3.63, 3.8) is 0 Å². The van der Waals surface area contributed by atoms with E-state index in [2.05, 4.69) is 15.0 Å². The Morgan fingerprint density at radius 3 is 1.81 bits per heavy atom. The van der Waals surface area contributed by atoms with Crippen molar-refractivity contribution >= 4 is 69.6 Å². The number of alkyl halides is 6. The van der Waals surface area contributed by atoms with E-state index in [9.17, 15) is 0 Å². The Morgan fingerprint density at radius 1 is 0.808 bits per heavy atom. The number of hydrogen-bond donors (Lipinski definition) is 1. The summed E-state index contributed by atoms with van der Waals surface area (Å²) in [5.74, 6) is 0.784. The second kappa shape index (κ2) is 9.28. The van der Waals surface area contributed by atoms with Crippen molar-refractivity contribution in [1.29, 1.82) is 0 Å². The summed E-state index contributed by atoms with van der Waals surface area (Å²) in [6.07, 6.45) is 1.02. The Balaban J connectivity index is 2.15. The van der Waals surface area contributed by atoms with E-state index in [0.717, 1.165) is 5.56 Å². The van der Waals surface area contributed by atoms with Crippen LogP contribution in [0.2, 0.25) is 0 Å². The highest BCUT2D eigenvalue weighted by molar-refractivity contribution is 6.67. The van der Waals surface area contributed by atoms with Gasteiger partial charge in [-0.25, -0.2) is 15.0 Å². The quantitative estimate of drug-likeness (QED) is 0.609. The molecule has 0 radical (unpaired) electrons. The van der Waals surface area contributed by atoms with Crippen molar-refractivity contribution in [3.05, 3.63) is 47.3 Å². The number of aliphatic hydroxyl groups excluding tert-OH is 1. The number of nitrogens with zero attached hydrogens (tertiary/aromatic N) is 3. The topological polar surface area (TPSA) is 68.1 Å². The molecule has 0 atom stereocenters. The van der Waals surface area contributed by atoms with Gasteiger partial charge in [0.25, 0.3) is 0 Å². The molecule has 0 saturated carbocycles. The highest BCUT2D eigenvalue weighted by Crippen LogP contribution is 2.39. The van der Waals surface area contributed by atoms with Crippen molar-refractivity contribution in [2.24, 2.45) is 0 Å². The van der Waals surface area contributed by atoms with E-state index in [1.807, 2.05) is 12.1 Å². The van der Waals surface area contributed by atoms with E-state index in [0.29, 0.717) is 24.4 Å². The molecule has 1 heterocycles. The van der Waals surface area contributed by atoms with Gasteiger partial charge in [0.2, 0.25) is 7.59 Å². The van der Waals surface area contributed by atoms with Gasteiger partial charge >= 0.3 is 0 Å². The molecule has 0 spiro atoms. The molecule has 142 valence electrons. The number of aryl methyl sites for hydroxylation is 2. The Bertz CT molecular complexity index is 699. The van der Waals surface area contributed by atoms with Gasteiger partial charge in [-0.05, 0) is 24.1 Å². The number of rotatable bonds is 6. The zero-order valence-electron chi connectivity index (χ0n) is 13.1. The third-order valence-corrected chi connectivity index (χ3v) is 4.12. The predicted octanol–water partition coefficient (Wildman–Crippen LogP) is 4.68. The van der Waals surface area contributed by atoms with Gasteiger partial charge in [-0.1, -0.05) is 81.7 Å². The minimum Gasteiger partial charge on any atom is -0.491 e. The molecule has 26 heavy (non-hydrogen) atoms. The number of hydrogen-bond acceptors (Lipinski definition) is 5. The Morgan fingerprint density at radius 2 is 1.35 bits per heavy atom. The van der Waals surface area contributed by atoms with Crippen molar-refractivity contribution in [2.45, 2.75) is 20.4 Å². The normalized spacial score (nSPS) is 12.3. The Kier molecular flexibility index (Phi) is 7.86. The largest absolute Gasteiger partial charge is 0.491 e. The van der Waals surface area contributed by atoms with Crippen LogP contribution in [-0.2, 0) is 20.4 Å². The number of halogens is 6. The maximum absolute atomic E-state index is 8.75. The minimum absolute atomic E-state index is 0.0434. The average molecular weight is 480 g/mol. The number of aromatic nitrogens is 3. The molecular weight excluding hydrogens is 467 g/mol. The van der Waals surface area contributed by atoms with Gasteiger partial charge in [0, 0.05) is 6.42 Å². The molecule has 1 aromatic heterocycles. The second-order valence-electron chi connectivity index (χ2n) is 5.11. The van der Waals surface area contributed by atoms with Crippen molar-refractivity contribution in [3.8, 4) is 5.75 Å². The SMILES string of the molecule is OCCOc1ccc(CCc2nc(C(Cl)(Cl)Cl)nc(C(Cl)(Cl)Cl)n2)cc1. The third kappa shape index (κ3) is 6.71. The van der Waals surface area contributed by atoms with Crippen LogP contribution in [0.15, 0.2) is 24.3 Å². The molecule has 0 fully saturated rings. The highest BCUT2D eigenvalue weighted by Gasteiger charge is 2.33. The number of benzene rings is 1. The van der Waals surface area contributed by atoms with E-state index in [1.54, 1.807) is 12.1 Å². The summed E-state index contributed by atoms with van der Waals surface area (Å²) < 4.78 is 1.57. The van der Waals surface area contributed by atoms with Gasteiger partial charge < -0.3 is 9.84 Å². The summed E-state index contributed by atoms with van der Waals surface area (Å²) >= 11 is 35.1. The molecular formula is C15H13Cl6N3O2. The fourth-order valence-corrected chi connectivity index (χ4v) is 2.46. The van der Waals surface area contributed by atoms with Crippen LogP contribution < -0.4 is 4.74 Å². The van der Waals surface area contributed by atoms with Crippen LogP contribution in [0.4, 0.5) is 0 Å². The van der Waals surface area contributed by atoms with Gasteiger partial charge in [0.1, 0.15) is 18.2 Å². The maximum atomic E-state index is 8.75. The summed E-state index contributed by atoms with van der Waals surface area (Å²) in [5.41, 5.74) is 1.01. The standard InChI is InChI=1S/C15H13Cl6N3O2/c16-14(17,18)12-22-11(23-13(24-12)15(19,20)21)6-3-9-1-4-10(5-2-9)26-8-7-25/h1-2,4-5,25H,3,6-8H2. The summed E-state index contributed by atoms with van der Waals surface area (Å²) in [5, 5.41) is 8.75. The third-order valence-electron chi connectivity index (χ3n) is 3.11. The van der Waals surface area contributed by atoms with Crippen LogP contribution in [0.5, 0.6) is 5.75 Å². The smallest absolute Gasteiger partial charge is 0.250 e. The molecule has 2 aromatic rings. The lowest BCUT2D eigenvalue weighted by molar-refractivity contribution is 0.201. The van der Waals surface area contributed by atoms with Crippen LogP contribution in [0.3, 0.4) is 0 Å². The molecule has 0 aliphatic heterocycles. The molecule has 2 rings (SSSR count). The second-order valence-corrected chi connectivity index (χ2v) is 9.67. The van der Waals surface area contributed by atoms with Gasteiger partial charge in [0.15, 0.2) is 11.6 Å². The summed E-state index contributed by atoms with van der Waals surface area (Å²) in [7, 11) is 0. The van der Waals surface area contributed by atoms with E-state index in [4.69, 9.17) is 79.4 Å². The van der Waals surface area contributed by atoms with E-state index < -0.39 is 7.59 Å². The number of aliphatic hydroxyl groups is 1. The lowest BCUT2D eigenvalue weighted by Crippen LogP contribution is -2.18. The molecule has 5 nitrogen and oxygen atoms in total. The molecule has 0 aliphatic rings. The fraction of sp³-hybridized carbons (Fsp3) is 0.400. The molecule has 11 heteroatoms. The minimum atomic E-state index is -1.87. The molecule has 0 saturated heterocycles. The summed E-state index contributed by atoms with van der Waals surface area (Å²) in [6, 6.07) is 7.38. The summed E-state index contributed by atoms with van der Waals surface area (Å²) in [6.45, 7) is 0.196. The predicted molar refractivity (Wildman–Crippen MR) is 105 cm³/mol. The Labute approximate surface area is 180 Å². The molecule has 0 amide bonds. The van der Waals surface area contributed by atoms with Crippen LogP contribution in [-0.4, -0.2) is 33.3 Å². The van der Waals surface area contributed by atoms with Crippen molar-refractivity contribution in [2.75, 3.05) is 13.2 Å². The monoisotopic (exact) mass is 477 g/mol. The zero-order valence-corrected chi connectivity index (χ0v) is 17.6. The lowest BCUT2D eigenvalue weighted by atomic mass is 10.1. The lowest BCUT2D eigenvalue weighted by Gasteiger charge is -2.15. The summed E-state index contributed by atoms with van der Waals surface area (Å²) in [4.78, 5) is 12.2. The maximum Gasteiger partial charge on any atom is 0.250 e. The van der Waals surface area contributed by atoms with Gasteiger partial charge in [-0.2, -0.15) is 0 Å². The first-order valence-corrected chi connectivity index (χ1v) is 9.58. The van der Waals surface area contributed by atoms with Crippen LogP contribution in [0.1, 0.15) is 23.0 Å². The molecule has 0 aliphatic carbocycles. The van der Waals surface area contributed by atoms with E-state index >= 15 is 0 Å².